The van der Waals surface area contributed by atoms with Crippen LogP contribution < -0.4 is 15.5 Å². The molecular weight excluding hydrogens is 659 g/mol. The molecule has 4 aliphatic carbocycles. The highest BCUT2D eigenvalue weighted by Crippen LogP contribution is 2.55. The molecule has 3 aromatic carbocycles. The molecule has 2 amide bonds. The summed E-state index contributed by atoms with van der Waals surface area (Å²) in [6, 6.07) is 22.7. The highest BCUT2D eigenvalue weighted by Gasteiger charge is 2.51. The van der Waals surface area contributed by atoms with Crippen LogP contribution in [0.5, 0.6) is 0 Å². The number of rotatable bonds is 7. The number of aromatic carboxylic acids is 1. The number of anilines is 2. The molecule has 258 valence electrons. The number of para-hydroxylation sites is 1. The molecule has 3 N–H and O–H groups in total. The Bertz CT molecular complexity index is 2180. The number of thiazole rings is 1. The first-order valence-corrected chi connectivity index (χ1v) is 18.7. The number of nitrogens with zero attached hydrogens (tertiary/aromatic N) is 3. The summed E-state index contributed by atoms with van der Waals surface area (Å²) in [6.45, 7) is 2.93. The van der Waals surface area contributed by atoms with E-state index in [9.17, 15) is 19.5 Å². The number of fused-ring (bicyclic) bond motifs is 2. The van der Waals surface area contributed by atoms with E-state index in [1.54, 1.807) is 6.07 Å². The zero-order chi connectivity index (χ0) is 34.9. The first kappa shape index (κ1) is 31.9. The molecule has 9 nitrogen and oxygen atoms in total. The molecule has 10 rings (SSSR count). The van der Waals surface area contributed by atoms with Crippen molar-refractivity contribution >= 4 is 50.3 Å². The minimum atomic E-state index is -1.14. The molecule has 0 atom stereocenters. The lowest BCUT2D eigenvalue weighted by molar-refractivity contribution is -0.0167. The van der Waals surface area contributed by atoms with Crippen molar-refractivity contribution in [2.45, 2.75) is 64.0 Å². The maximum atomic E-state index is 13.9. The fraction of sp³-hybridized carbons (Fsp3) is 0.341. The minimum Gasteiger partial charge on any atom is -0.476 e. The van der Waals surface area contributed by atoms with Crippen LogP contribution in [0.15, 0.2) is 72.8 Å². The van der Waals surface area contributed by atoms with E-state index in [0.29, 0.717) is 70.5 Å². The molecule has 3 heterocycles. The normalized spacial score (nSPS) is 23.2. The molecular formula is C41H39N5O4S. The van der Waals surface area contributed by atoms with Crippen LogP contribution in [0.2, 0.25) is 0 Å². The van der Waals surface area contributed by atoms with Crippen LogP contribution in [0.4, 0.5) is 10.9 Å². The maximum Gasteiger partial charge on any atom is 0.355 e. The van der Waals surface area contributed by atoms with Gasteiger partial charge in [0.25, 0.3) is 11.8 Å². The van der Waals surface area contributed by atoms with Crippen LogP contribution in [-0.2, 0) is 13.0 Å². The molecule has 0 saturated heterocycles. The first-order valence-electron chi connectivity index (χ1n) is 17.9. The molecule has 51 heavy (non-hydrogen) atoms. The second-order valence-electron chi connectivity index (χ2n) is 15.1. The molecule has 0 radical (unpaired) electrons. The van der Waals surface area contributed by atoms with Gasteiger partial charge in [-0.05, 0) is 128 Å². The average Bonchev–Trinajstić information content (AvgIpc) is 3.52. The van der Waals surface area contributed by atoms with Crippen LogP contribution >= 0.6 is 11.3 Å². The number of nitrogens with one attached hydrogen (secondary N) is 2. The average molecular weight is 698 g/mol. The number of hydrogen-bond acceptors (Lipinski definition) is 7. The Labute approximate surface area is 300 Å². The highest BCUT2D eigenvalue weighted by molar-refractivity contribution is 7.22. The van der Waals surface area contributed by atoms with E-state index < -0.39 is 5.97 Å². The molecule has 0 spiro atoms. The fourth-order valence-corrected chi connectivity index (χ4v) is 10.7. The van der Waals surface area contributed by atoms with Crippen molar-refractivity contribution in [1.82, 2.24) is 15.3 Å². The third kappa shape index (κ3) is 5.75. The number of carboxylic acid groups (broad SMARTS) is 1. The lowest BCUT2D eigenvalue weighted by Gasteiger charge is -2.56. The molecule has 5 aliphatic rings. The summed E-state index contributed by atoms with van der Waals surface area (Å²) in [6.07, 6.45) is 7.78. The van der Waals surface area contributed by atoms with E-state index >= 15 is 0 Å². The van der Waals surface area contributed by atoms with Gasteiger partial charge in [-0.1, -0.05) is 47.7 Å². The standard InChI is InChI=1S/C41H39N5O4S/c1-23-28(7-5-8-29(23)38(48)45-41-19-24-16-25(20-41)18-26(17-24)21-41)30-12-13-35(43-36(30)39(49)50)46-15-14-27-6-4-9-31(32(27)22-46)37(47)44-40-42-33-10-2-3-11-34(33)51-40/h2-13,24-26H,14-22H2,1H3,(H,45,48)(H,49,50)(H,42,44,47). The number of carbonyl (C=O) groups excluding carboxylic acids is 2. The number of amides is 2. The second-order valence-corrected chi connectivity index (χ2v) is 16.1. The predicted molar refractivity (Wildman–Crippen MR) is 199 cm³/mol. The molecule has 5 aromatic rings. The Kier molecular flexibility index (Phi) is 7.68. The summed E-state index contributed by atoms with van der Waals surface area (Å²) in [5.74, 6) is 1.23. The van der Waals surface area contributed by atoms with Crippen LogP contribution in [-0.4, -0.2) is 44.9 Å². The summed E-state index contributed by atoms with van der Waals surface area (Å²) in [4.78, 5) is 51.4. The highest BCUT2D eigenvalue weighted by atomic mass is 32.1. The van der Waals surface area contributed by atoms with E-state index in [1.807, 2.05) is 78.6 Å². The number of benzene rings is 3. The van der Waals surface area contributed by atoms with E-state index in [-0.39, 0.29) is 23.0 Å². The van der Waals surface area contributed by atoms with Gasteiger partial charge in [0.05, 0.1) is 10.2 Å². The third-order valence-electron chi connectivity index (χ3n) is 11.7. The first-order chi connectivity index (χ1) is 24.7. The van der Waals surface area contributed by atoms with Crippen molar-refractivity contribution in [2.24, 2.45) is 17.8 Å². The Morgan fingerprint density at radius 1 is 0.824 bits per heavy atom. The molecule has 10 heteroatoms. The van der Waals surface area contributed by atoms with E-state index in [2.05, 4.69) is 15.6 Å². The summed E-state index contributed by atoms with van der Waals surface area (Å²) < 4.78 is 1.00. The summed E-state index contributed by atoms with van der Waals surface area (Å²) in [5.41, 5.74) is 5.66. The van der Waals surface area contributed by atoms with E-state index in [4.69, 9.17) is 4.98 Å². The Morgan fingerprint density at radius 3 is 2.29 bits per heavy atom. The summed E-state index contributed by atoms with van der Waals surface area (Å²) in [7, 11) is 0. The van der Waals surface area contributed by atoms with Gasteiger partial charge in [-0.2, -0.15) is 0 Å². The van der Waals surface area contributed by atoms with Gasteiger partial charge in [-0.25, -0.2) is 14.8 Å². The zero-order valence-electron chi connectivity index (χ0n) is 28.4. The zero-order valence-corrected chi connectivity index (χ0v) is 29.3. The van der Waals surface area contributed by atoms with Crippen molar-refractivity contribution in [2.75, 3.05) is 16.8 Å². The lowest BCUT2D eigenvalue weighted by Crippen LogP contribution is -2.59. The number of aromatic nitrogens is 2. The van der Waals surface area contributed by atoms with E-state index in [0.717, 1.165) is 46.2 Å². The predicted octanol–water partition coefficient (Wildman–Crippen LogP) is 7.88. The van der Waals surface area contributed by atoms with Gasteiger partial charge in [0, 0.05) is 35.3 Å². The third-order valence-corrected chi connectivity index (χ3v) is 12.7. The maximum absolute atomic E-state index is 13.9. The number of pyridine rings is 1. The van der Waals surface area contributed by atoms with Gasteiger partial charge in [0.15, 0.2) is 10.8 Å². The Balaban J connectivity index is 0.972. The van der Waals surface area contributed by atoms with E-state index in [1.165, 1.54) is 30.6 Å². The van der Waals surface area contributed by atoms with Gasteiger partial charge >= 0.3 is 5.97 Å². The Hall–Kier alpha value is -5.09. The molecule has 4 fully saturated rings. The number of carboxylic acids is 1. The number of carbonyl (C=O) groups is 3. The molecule has 1 aliphatic heterocycles. The SMILES string of the molecule is Cc1c(C(=O)NC23CC4CC(CC(C4)C2)C3)cccc1-c1ccc(N2CCc3cccc(C(=O)Nc4nc5ccccc5s4)c3C2)nc1C(=O)O. The fourth-order valence-electron chi connectivity index (χ4n) is 9.83. The van der Waals surface area contributed by atoms with Crippen molar-refractivity contribution < 1.29 is 19.5 Å². The summed E-state index contributed by atoms with van der Waals surface area (Å²) in [5, 5.41) is 17.4. The van der Waals surface area contributed by atoms with Gasteiger partial charge < -0.3 is 15.3 Å². The van der Waals surface area contributed by atoms with Crippen molar-refractivity contribution in [3.63, 3.8) is 0 Å². The van der Waals surface area contributed by atoms with Gasteiger partial charge in [-0.3, -0.25) is 14.9 Å². The molecule has 4 saturated carbocycles. The van der Waals surface area contributed by atoms with Crippen LogP contribution in [0.1, 0.15) is 86.4 Å². The smallest absolute Gasteiger partial charge is 0.355 e. The Morgan fingerprint density at radius 2 is 1.55 bits per heavy atom. The monoisotopic (exact) mass is 697 g/mol. The quantitative estimate of drug-likeness (QED) is 0.158. The van der Waals surface area contributed by atoms with Gasteiger partial charge in [0.1, 0.15) is 5.82 Å². The largest absolute Gasteiger partial charge is 0.476 e. The second kappa shape index (κ2) is 12.3. The molecule has 4 bridgehead atoms. The lowest BCUT2D eigenvalue weighted by atomic mass is 9.53. The topological polar surface area (TPSA) is 125 Å². The van der Waals surface area contributed by atoms with Gasteiger partial charge in [-0.15, -0.1) is 0 Å². The minimum absolute atomic E-state index is 0.0677. The van der Waals surface area contributed by atoms with Crippen LogP contribution in [0.25, 0.3) is 21.3 Å². The van der Waals surface area contributed by atoms with Crippen LogP contribution in [0, 0.1) is 24.7 Å². The van der Waals surface area contributed by atoms with Crippen molar-refractivity contribution in [3.8, 4) is 11.1 Å². The van der Waals surface area contributed by atoms with Crippen molar-refractivity contribution in [3.05, 3.63) is 106 Å². The number of hydrogen-bond donors (Lipinski definition) is 3. The van der Waals surface area contributed by atoms with Crippen LogP contribution in [0.3, 0.4) is 0 Å². The molecule has 2 aromatic heterocycles. The van der Waals surface area contributed by atoms with Gasteiger partial charge in [0.2, 0.25) is 0 Å². The van der Waals surface area contributed by atoms with Crippen molar-refractivity contribution in [1.29, 1.82) is 0 Å². The molecule has 0 unspecified atom stereocenters. The summed E-state index contributed by atoms with van der Waals surface area (Å²) >= 11 is 1.43.